The molecule has 0 saturated heterocycles. The summed E-state index contributed by atoms with van der Waals surface area (Å²) >= 11 is 0. The van der Waals surface area contributed by atoms with Crippen molar-refractivity contribution in [2.75, 3.05) is 6.54 Å². The molecule has 4 rings (SSSR count). The summed E-state index contributed by atoms with van der Waals surface area (Å²) in [7, 11) is 0. The summed E-state index contributed by atoms with van der Waals surface area (Å²) in [6.07, 6.45) is 2.61. The number of carbonyl (C=O) groups is 2. The van der Waals surface area contributed by atoms with E-state index >= 15 is 0 Å². The maximum atomic E-state index is 12.4. The Morgan fingerprint density at radius 2 is 1.72 bits per heavy atom. The predicted molar refractivity (Wildman–Crippen MR) is 124 cm³/mol. The zero-order valence-electron chi connectivity index (χ0n) is 18.0. The van der Waals surface area contributed by atoms with Gasteiger partial charge in [0.25, 0.3) is 5.91 Å². The van der Waals surface area contributed by atoms with Gasteiger partial charge < -0.3 is 4.74 Å². The summed E-state index contributed by atoms with van der Waals surface area (Å²) in [5.74, 6) is -0.172. The maximum absolute atomic E-state index is 12.4. The molecule has 0 aromatic heterocycles. The molecule has 0 saturated carbocycles. The van der Waals surface area contributed by atoms with E-state index in [4.69, 9.17) is 4.74 Å². The Morgan fingerprint density at radius 1 is 1.00 bits per heavy atom. The van der Waals surface area contributed by atoms with Gasteiger partial charge in [-0.3, -0.25) is 14.5 Å². The Balaban J connectivity index is 1.28. The van der Waals surface area contributed by atoms with Crippen LogP contribution in [0.3, 0.4) is 0 Å². The fraction of sp³-hybridized carbons (Fsp3) is 0.192. The van der Waals surface area contributed by atoms with Crippen LogP contribution in [-0.2, 0) is 24.3 Å². The lowest BCUT2D eigenvalue weighted by atomic mass is 9.99. The first-order valence-corrected chi connectivity index (χ1v) is 10.6. The van der Waals surface area contributed by atoms with Crippen molar-refractivity contribution >= 4 is 18.1 Å². The van der Waals surface area contributed by atoms with E-state index < -0.39 is 0 Å². The van der Waals surface area contributed by atoms with Crippen LogP contribution in [0.5, 0.6) is 5.75 Å². The highest BCUT2D eigenvalue weighted by molar-refractivity contribution is 5.94. The second-order valence-electron chi connectivity index (χ2n) is 7.79. The minimum atomic E-state index is -0.369. The molecule has 1 N–H and O–H groups in total. The second kappa shape index (κ2) is 10.0. The number of amides is 1. The Hall–Kier alpha value is -3.77. The Morgan fingerprint density at radius 3 is 2.44 bits per heavy atom. The van der Waals surface area contributed by atoms with Crippen LogP contribution in [0.4, 0.5) is 0 Å². The number of hydrogen-bond donors (Lipinski definition) is 1. The first-order valence-electron chi connectivity index (χ1n) is 10.6. The van der Waals surface area contributed by atoms with E-state index in [9.17, 15) is 9.59 Å². The predicted octanol–water partition coefficient (Wildman–Crippen LogP) is 3.93. The summed E-state index contributed by atoms with van der Waals surface area (Å²) < 4.78 is 4.99. The molecule has 1 heterocycles. The lowest BCUT2D eigenvalue weighted by Gasteiger charge is -2.28. The van der Waals surface area contributed by atoms with Gasteiger partial charge in [0.15, 0.2) is 0 Å². The first-order chi connectivity index (χ1) is 15.6. The van der Waals surface area contributed by atoms with Crippen molar-refractivity contribution in [2.45, 2.75) is 26.4 Å². The van der Waals surface area contributed by atoms with Crippen molar-refractivity contribution in [2.24, 2.45) is 5.10 Å². The van der Waals surface area contributed by atoms with Crippen LogP contribution in [0, 0.1) is 0 Å². The normalized spacial score (nSPS) is 13.5. The average molecular weight is 428 g/mol. The quantitative estimate of drug-likeness (QED) is 0.280. The van der Waals surface area contributed by atoms with Crippen LogP contribution in [0.2, 0.25) is 0 Å². The van der Waals surface area contributed by atoms with Crippen molar-refractivity contribution in [3.8, 4) is 5.75 Å². The van der Waals surface area contributed by atoms with Gasteiger partial charge in [-0.25, -0.2) is 5.43 Å². The van der Waals surface area contributed by atoms with E-state index in [0.29, 0.717) is 11.3 Å². The molecule has 0 bridgehead atoms. The molecule has 1 aliphatic heterocycles. The van der Waals surface area contributed by atoms with E-state index in [1.807, 2.05) is 24.3 Å². The number of esters is 1. The standard InChI is InChI=1S/C26H25N3O3/c1-19(30)32-25-12-8-20(9-13-25)16-27-28-26(31)23-10-6-21(7-11-23)17-29-15-14-22-4-2-3-5-24(22)18-29/h2-13,16H,14-15,17-18H2,1H3,(H,28,31)/b27-16-. The number of rotatable bonds is 6. The van der Waals surface area contributed by atoms with Crippen LogP contribution in [-0.4, -0.2) is 29.5 Å². The topological polar surface area (TPSA) is 71.0 Å². The summed E-state index contributed by atoms with van der Waals surface area (Å²) in [5.41, 5.74) is 7.89. The van der Waals surface area contributed by atoms with Gasteiger partial charge in [-0.1, -0.05) is 36.4 Å². The zero-order chi connectivity index (χ0) is 22.3. The molecular formula is C26H25N3O3. The van der Waals surface area contributed by atoms with Crippen LogP contribution in [0.25, 0.3) is 0 Å². The van der Waals surface area contributed by atoms with Crippen molar-refractivity contribution in [1.29, 1.82) is 0 Å². The molecule has 0 atom stereocenters. The minimum Gasteiger partial charge on any atom is -0.427 e. The third-order valence-corrected chi connectivity index (χ3v) is 5.35. The van der Waals surface area contributed by atoms with Gasteiger partial charge in [0, 0.05) is 32.1 Å². The van der Waals surface area contributed by atoms with Crippen molar-refractivity contribution < 1.29 is 14.3 Å². The number of nitrogens with zero attached hydrogens (tertiary/aromatic N) is 2. The molecule has 0 fully saturated rings. The molecule has 32 heavy (non-hydrogen) atoms. The van der Waals surface area contributed by atoms with Gasteiger partial charge >= 0.3 is 5.97 Å². The molecule has 0 unspecified atom stereocenters. The first kappa shape index (κ1) is 21.5. The van der Waals surface area contributed by atoms with Gasteiger partial charge in [-0.05, 0) is 65.1 Å². The van der Waals surface area contributed by atoms with E-state index in [1.165, 1.54) is 29.8 Å². The summed E-state index contributed by atoms with van der Waals surface area (Å²) in [4.78, 5) is 25.7. The van der Waals surface area contributed by atoms with Crippen molar-refractivity contribution in [3.05, 3.63) is 101 Å². The molecule has 6 nitrogen and oxygen atoms in total. The number of fused-ring (bicyclic) bond motifs is 1. The van der Waals surface area contributed by atoms with Gasteiger partial charge in [0.2, 0.25) is 0 Å². The molecule has 1 aliphatic rings. The van der Waals surface area contributed by atoms with Gasteiger partial charge in [-0.2, -0.15) is 5.10 Å². The number of hydrazone groups is 1. The molecule has 1 amide bonds. The molecule has 3 aromatic rings. The third kappa shape index (κ3) is 5.68. The minimum absolute atomic E-state index is 0.267. The molecular weight excluding hydrogens is 402 g/mol. The smallest absolute Gasteiger partial charge is 0.308 e. The summed E-state index contributed by atoms with van der Waals surface area (Å²) in [5, 5.41) is 4.01. The monoisotopic (exact) mass is 427 g/mol. The average Bonchev–Trinajstić information content (AvgIpc) is 2.80. The van der Waals surface area contributed by atoms with Crippen molar-refractivity contribution in [1.82, 2.24) is 10.3 Å². The third-order valence-electron chi connectivity index (χ3n) is 5.35. The lowest BCUT2D eigenvalue weighted by Crippen LogP contribution is -2.30. The van der Waals surface area contributed by atoms with E-state index in [2.05, 4.69) is 39.7 Å². The van der Waals surface area contributed by atoms with Crippen molar-refractivity contribution in [3.63, 3.8) is 0 Å². The van der Waals surface area contributed by atoms with Gasteiger partial charge in [-0.15, -0.1) is 0 Å². The highest BCUT2D eigenvalue weighted by atomic mass is 16.5. The Kier molecular flexibility index (Phi) is 6.72. The molecule has 162 valence electrons. The van der Waals surface area contributed by atoms with Crippen LogP contribution >= 0.6 is 0 Å². The highest BCUT2D eigenvalue weighted by Crippen LogP contribution is 2.20. The van der Waals surface area contributed by atoms with Crippen LogP contribution in [0.15, 0.2) is 77.9 Å². The highest BCUT2D eigenvalue weighted by Gasteiger charge is 2.15. The summed E-state index contributed by atoms with van der Waals surface area (Å²) in [6, 6.07) is 23.1. The number of carbonyl (C=O) groups excluding carboxylic acids is 2. The number of nitrogens with one attached hydrogen (secondary N) is 1. The number of ether oxygens (including phenoxy) is 1. The van der Waals surface area contributed by atoms with E-state index in [-0.39, 0.29) is 11.9 Å². The van der Waals surface area contributed by atoms with Gasteiger partial charge in [0.1, 0.15) is 5.75 Å². The van der Waals surface area contributed by atoms with Crippen LogP contribution in [0.1, 0.15) is 39.5 Å². The second-order valence-corrected chi connectivity index (χ2v) is 7.79. The molecule has 6 heteroatoms. The molecule has 0 radical (unpaired) electrons. The Labute approximate surface area is 187 Å². The Bertz CT molecular complexity index is 1120. The SMILES string of the molecule is CC(=O)Oc1ccc(/C=N\NC(=O)c2ccc(CN3CCc4ccccc4C3)cc2)cc1. The van der Waals surface area contributed by atoms with Gasteiger partial charge in [0.05, 0.1) is 6.21 Å². The molecule has 3 aromatic carbocycles. The molecule has 0 spiro atoms. The fourth-order valence-electron chi connectivity index (χ4n) is 3.73. The number of hydrogen-bond acceptors (Lipinski definition) is 5. The zero-order valence-corrected chi connectivity index (χ0v) is 18.0. The van der Waals surface area contributed by atoms with Crippen LogP contribution < -0.4 is 10.2 Å². The molecule has 0 aliphatic carbocycles. The maximum Gasteiger partial charge on any atom is 0.308 e. The summed E-state index contributed by atoms with van der Waals surface area (Å²) in [6.45, 7) is 4.20. The fourth-order valence-corrected chi connectivity index (χ4v) is 3.73. The van der Waals surface area contributed by atoms with E-state index in [0.717, 1.165) is 31.6 Å². The number of benzene rings is 3. The van der Waals surface area contributed by atoms with E-state index in [1.54, 1.807) is 24.3 Å². The lowest BCUT2D eigenvalue weighted by molar-refractivity contribution is -0.131. The largest absolute Gasteiger partial charge is 0.427 e.